The van der Waals surface area contributed by atoms with Crippen LogP contribution in [0.2, 0.25) is 0 Å². The Balaban J connectivity index is 2.90. The SMILES string of the molecule is Cc1c(CC(C)C)nc(CCO)n1C. The minimum absolute atomic E-state index is 0.172. The monoisotopic (exact) mass is 196 g/mol. The number of imidazole rings is 1. The summed E-state index contributed by atoms with van der Waals surface area (Å²) in [6.45, 7) is 6.65. The fourth-order valence-electron chi connectivity index (χ4n) is 1.60. The third kappa shape index (κ3) is 2.35. The second-order valence-electron chi connectivity index (χ2n) is 4.19. The molecule has 0 fully saturated rings. The van der Waals surface area contributed by atoms with Crippen LogP contribution in [0, 0.1) is 12.8 Å². The first-order valence-electron chi connectivity index (χ1n) is 5.18. The molecule has 1 heterocycles. The fraction of sp³-hybridized carbons (Fsp3) is 0.727. The highest BCUT2D eigenvalue weighted by molar-refractivity contribution is 5.16. The molecule has 0 amide bonds. The normalized spacial score (nSPS) is 11.3. The molecule has 3 nitrogen and oxygen atoms in total. The maximum Gasteiger partial charge on any atom is 0.111 e. The molecular weight excluding hydrogens is 176 g/mol. The largest absolute Gasteiger partial charge is 0.396 e. The highest BCUT2D eigenvalue weighted by Gasteiger charge is 2.11. The van der Waals surface area contributed by atoms with E-state index in [4.69, 9.17) is 5.11 Å². The molecule has 1 aromatic heterocycles. The van der Waals surface area contributed by atoms with Crippen molar-refractivity contribution in [2.24, 2.45) is 13.0 Å². The van der Waals surface area contributed by atoms with Gasteiger partial charge < -0.3 is 9.67 Å². The van der Waals surface area contributed by atoms with E-state index in [1.165, 1.54) is 11.4 Å². The van der Waals surface area contributed by atoms with Crippen LogP contribution in [0.4, 0.5) is 0 Å². The topological polar surface area (TPSA) is 38.1 Å². The molecule has 0 aromatic carbocycles. The number of aliphatic hydroxyl groups is 1. The summed E-state index contributed by atoms with van der Waals surface area (Å²) in [6, 6.07) is 0. The molecule has 0 aliphatic heterocycles. The van der Waals surface area contributed by atoms with Crippen LogP contribution >= 0.6 is 0 Å². The lowest BCUT2D eigenvalue weighted by atomic mass is 10.1. The van der Waals surface area contributed by atoms with Crippen molar-refractivity contribution in [3.63, 3.8) is 0 Å². The second kappa shape index (κ2) is 4.60. The van der Waals surface area contributed by atoms with Crippen LogP contribution in [0.25, 0.3) is 0 Å². The Hall–Kier alpha value is -0.830. The van der Waals surface area contributed by atoms with Crippen LogP contribution in [0.5, 0.6) is 0 Å². The van der Waals surface area contributed by atoms with Crippen molar-refractivity contribution in [3.8, 4) is 0 Å². The number of aromatic nitrogens is 2. The van der Waals surface area contributed by atoms with Crippen molar-refractivity contribution >= 4 is 0 Å². The Morgan fingerprint density at radius 2 is 2.07 bits per heavy atom. The lowest BCUT2D eigenvalue weighted by Gasteiger charge is -2.02. The molecule has 0 radical (unpaired) electrons. The van der Waals surface area contributed by atoms with Crippen molar-refractivity contribution in [3.05, 3.63) is 17.2 Å². The van der Waals surface area contributed by atoms with Gasteiger partial charge in [0.25, 0.3) is 0 Å². The lowest BCUT2D eigenvalue weighted by Crippen LogP contribution is -2.01. The second-order valence-corrected chi connectivity index (χ2v) is 4.19. The molecule has 0 saturated carbocycles. The molecule has 0 saturated heterocycles. The molecule has 1 rings (SSSR count). The van der Waals surface area contributed by atoms with E-state index in [0.717, 1.165) is 12.2 Å². The Morgan fingerprint density at radius 1 is 1.43 bits per heavy atom. The zero-order chi connectivity index (χ0) is 10.7. The highest BCUT2D eigenvalue weighted by Crippen LogP contribution is 2.13. The van der Waals surface area contributed by atoms with E-state index in [1.54, 1.807) is 0 Å². The summed E-state index contributed by atoms with van der Waals surface area (Å²) in [7, 11) is 2.01. The minimum Gasteiger partial charge on any atom is -0.396 e. The molecule has 1 aromatic rings. The Labute approximate surface area is 85.8 Å². The maximum absolute atomic E-state index is 8.87. The third-order valence-corrected chi connectivity index (χ3v) is 2.51. The van der Waals surface area contributed by atoms with Crippen molar-refractivity contribution < 1.29 is 5.11 Å². The predicted octanol–water partition coefficient (Wildman–Crippen LogP) is 1.46. The van der Waals surface area contributed by atoms with Crippen LogP contribution in [-0.4, -0.2) is 21.3 Å². The molecule has 0 aliphatic carbocycles. The van der Waals surface area contributed by atoms with Gasteiger partial charge in [0.2, 0.25) is 0 Å². The van der Waals surface area contributed by atoms with Gasteiger partial charge in [-0.15, -0.1) is 0 Å². The third-order valence-electron chi connectivity index (χ3n) is 2.51. The van der Waals surface area contributed by atoms with Crippen LogP contribution in [0.15, 0.2) is 0 Å². The van der Waals surface area contributed by atoms with E-state index in [0.29, 0.717) is 12.3 Å². The average molecular weight is 196 g/mol. The van der Waals surface area contributed by atoms with E-state index < -0.39 is 0 Å². The van der Waals surface area contributed by atoms with Gasteiger partial charge in [0.15, 0.2) is 0 Å². The molecule has 0 atom stereocenters. The summed E-state index contributed by atoms with van der Waals surface area (Å²) in [5.41, 5.74) is 2.40. The molecular formula is C11H20N2O. The van der Waals surface area contributed by atoms with Crippen molar-refractivity contribution in [2.75, 3.05) is 6.61 Å². The number of hydrogen-bond donors (Lipinski definition) is 1. The van der Waals surface area contributed by atoms with Crippen LogP contribution in [-0.2, 0) is 19.9 Å². The van der Waals surface area contributed by atoms with Gasteiger partial charge >= 0.3 is 0 Å². The summed E-state index contributed by atoms with van der Waals surface area (Å²) >= 11 is 0. The van der Waals surface area contributed by atoms with Gasteiger partial charge in [-0.25, -0.2) is 4.98 Å². The van der Waals surface area contributed by atoms with Gasteiger partial charge in [-0.1, -0.05) is 13.8 Å². The van der Waals surface area contributed by atoms with E-state index in [9.17, 15) is 0 Å². The van der Waals surface area contributed by atoms with Gasteiger partial charge in [-0.3, -0.25) is 0 Å². The standard InChI is InChI=1S/C11H20N2O/c1-8(2)7-10-9(3)13(4)11(12-10)5-6-14/h8,14H,5-7H2,1-4H3. The van der Waals surface area contributed by atoms with E-state index >= 15 is 0 Å². The summed E-state index contributed by atoms with van der Waals surface area (Å²) in [5.74, 6) is 1.62. The number of rotatable bonds is 4. The van der Waals surface area contributed by atoms with Gasteiger partial charge in [0.1, 0.15) is 5.82 Å². The molecule has 14 heavy (non-hydrogen) atoms. The number of hydrogen-bond acceptors (Lipinski definition) is 2. The van der Waals surface area contributed by atoms with Gasteiger partial charge in [0.05, 0.1) is 12.3 Å². The smallest absolute Gasteiger partial charge is 0.111 e. The summed E-state index contributed by atoms with van der Waals surface area (Å²) in [5, 5.41) is 8.87. The van der Waals surface area contributed by atoms with E-state index in [-0.39, 0.29) is 6.61 Å². The van der Waals surface area contributed by atoms with Crippen molar-refractivity contribution in [1.82, 2.24) is 9.55 Å². The van der Waals surface area contributed by atoms with Crippen LogP contribution in [0.1, 0.15) is 31.1 Å². The Morgan fingerprint density at radius 3 is 2.57 bits per heavy atom. The molecule has 0 bridgehead atoms. The average Bonchev–Trinajstić information content (AvgIpc) is 2.34. The zero-order valence-electron chi connectivity index (χ0n) is 9.54. The Kier molecular flexibility index (Phi) is 3.69. The summed E-state index contributed by atoms with van der Waals surface area (Å²) in [4.78, 5) is 4.54. The first-order valence-corrected chi connectivity index (χ1v) is 5.18. The van der Waals surface area contributed by atoms with Crippen molar-refractivity contribution in [2.45, 2.75) is 33.6 Å². The number of aliphatic hydroxyl groups excluding tert-OH is 1. The van der Waals surface area contributed by atoms with Crippen LogP contribution < -0.4 is 0 Å². The van der Waals surface area contributed by atoms with E-state index in [2.05, 4.69) is 30.3 Å². The number of nitrogens with zero attached hydrogens (tertiary/aromatic N) is 2. The van der Waals surface area contributed by atoms with Gasteiger partial charge in [-0.2, -0.15) is 0 Å². The minimum atomic E-state index is 0.172. The highest BCUT2D eigenvalue weighted by atomic mass is 16.3. The molecule has 0 spiro atoms. The van der Waals surface area contributed by atoms with Crippen LogP contribution in [0.3, 0.4) is 0 Å². The first kappa shape index (κ1) is 11.2. The van der Waals surface area contributed by atoms with Gasteiger partial charge in [-0.05, 0) is 19.3 Å². The predicted molar refractivity (Wildman–Crippen MR) is 57.3 cm³/mol. The molecule has 3 heteroatoms. The molecule has 0 unspecified atom stereocenters. The molecule has 1 N–H and O–H groups in total. The van der Waals surface area contributed by atoms with Gasteiger partial charge in [0, 0.05) is 19.2 Å². The summed E-state index contributed by atoms with van der Waals surface area (Å²) < 4.78 is 2.08. The molecule has 80 valence electrons. The fourth-order valence-corrected chi connectivity index (χ4v) is 1.60. The maximum atomic E-state index is 8.87. The van der Waals surface area contributed by atoms with E-state index in [1.807, 2.05) is 7.05 Å². The Bertz CT molecular complexity index is 302. The molecule has 0 aliphatic rings. The quantitative estimate of drug-likeness (QED) is 0.791. The summed E-state index contributed by atoms with van der Waals surface area (Å²) in [6.07, 6.45) is 1.67. The lowest BCUT2D eigenvalue weighted by molar-refractivity contribution is 0.295. The first-order chi connectivity index (χ1) is 6.56. The van der Waals surface area contributed by atoms with Crippen molar-refractivity contribution in [1.29, 1.82) is 0 Å². The zero-order valence-corrected chi connectivity index (χ0v) is 9.54.